The topological polar surface area (TPSA) is 262 Å². The van der Waals surface area contributed by atoms with E-state index in [4.69, 9.17) is 41.9 Å². The number of hydrogen-bond donors (Lipinski definition) is 10. The van der Waals surface area contributed by atoms with Crippen LogP contribution in [0.4, 0.5) is 0 Å². The van der Waals surface area contributed by atoms with Crippen LogP contribution in [0, 0.1) is 0 Å². The molecule has 31 heavy (non-hydrogen) atoms. The van der Waals surface area contributed by atoms with E-state index in [1.54, 1.807) is 0 Å². The van der Waals surface area contributed by atoms with Crippen molar-refractivity contribution in [3.63, 3.8) is 0 Å². The van der Waals surface area contributed by atoms with E-state index in [-0.39, 0.29) is 13.0 Å². The van der Waals surface area contributed by atoms with E-state index in [2.05, 4.69) is 0 Å². The largest absolute Gasteiger partial charge is 0.394 e. The van der Waals surface area contributed by atoms with Crippen molar-refractivity contribution in [2.75, 3.05) is 13.2 Å². The van der Waals surface area contributed by atoms with Crippen LogP contribution >= 0.6 is 0 Å². The summed E-state index contributed by atoms with van der Waals surface area (Å²) < 4.78 is 22.2. The molecule has 1 aliphatic carbocycles. The number of ether oxygens (including phenoxy) is 4. The monoisotopic (exact) mass is 454 g/mol. The lowest BCUT2D eigenvalue weighted by molar-refractivity contribution is -0.301. The minimum absolute atomic E-state index is 0.0505. The Balaban J connectivity index is 1.70. The highest BCUT2D eigenvalue weighted by Crippen LogP contribution is 2.31. The molecule has 0 bridgehead atoms. The molecular formula is C17H34N4O10. The van der Waals surface area contributed by atoms with Crippen LogP contribution in [0.2, 0.25) is 0 Å². The number of nitrogens with two attached hydrogens (primary N) is 4. The Morgan fingerprint density at radius 1 is 0.710 bits per heavy atom. The molecule has 3 aliphatic rings. The minimum atomic E-state index is -1.45. The molecule has 3 fully saturated rings. The van der Waals surface area contributed by atoms with Gasteiger partial charge in [0, 0.05) is 18.6 Å². The first-order valence-corrected chi connectivity index (χ1v) is 10.2. The molecule has 182 valence electrons. The van der Waals surface area contributed by atoms with Gasteiger partial charge in [-0.05, 0) is 6.42 Å². The van der Waals surface area contributed by atoms with Crippen LogP contribution in [-0.2, 0) is 18.9 Å². The van der Waals surface area contributed by atoms with Crippen molar-refractivity contribution in [2.24, 2.45) is 22.9 Å². The molecule has 8 unspecified atom stereocenters. The fourth-order valence-corrected chi connectivity index (χ4v) is 4.20. The highest BCUT2D eigenvalue weighted by atomic mass is 16.7. The van der Waals surface area contributed by atoms with Crippen LogP contribution < -0.4 is 22.9 Å². The summed E-state index contributed by atoms with van der Waals surface area (Å²) in [7, 11) is 0. The number of rotatable bonds is 6. The van der Waals surface area contributed by atoms with Crippen LogP contribution in [0.15, 0.2) is 0 Å². The molecule has 2 aliphatic heterocycles. The van der Waals surface area contributed by atoms with E-state index in [9.17, 15) is 30.6 Å². The van der Waals surface area contributed by atoms with Crippen molar-refractivity contribution in [1.82, 2.24) is 0 Å². The third-order valence-corrected chi connectivity index (χ3v) is 6.12. The van der Waals surface area contributed by atoms with E-state index in [1.807, 2.05) is 0 Å². The van der Waals surface area contributed by atoms with Gasteiger partial charge in [-0.15, -0.1) is 0 Å². The number of aliphatic hydroxyl groups is 6. The van der Waals surface area contributed by atoms with Crippen LogP contribution in [0.1, 0.15) is 6.42 Å². The van der Waals surface area contributed by atoms with Crippen LogP contribution in [0.5, 0.6) is 0 Å². The normalized spacial score (nSPS) is 53.6. The zero-order chi connectivity index (χ0) is 23.0. The summed E-state index contributed by atoms with van der Waals surface area (Å²) in [5, 5.41) is 60.3. The standard InChI is InChI=1S/C17H34N4O10/c18-2-6-9(23)12(26)17(28-6)31-15-5(20)1-4(19)14(13(15)27)30-16-8(21)11(25)10(24)7(3-22)29-16/h4-17,22-27H,1-3,18-21H2/t4?,5-,6-,7?,8?,9?,10-,11?,12?,13?,14-,15?,16-,17+/m1/s1. The Labute approximate surface area is 178 Å². The molecule has 14 N–H and O–H groups in total. The number of aliphatic hydroxyl groups excluding tert-OH is 6. The molecule has 14 nitrogen and oxygen atoms in total. The first kappa shape index (κ1) is 25.1. The molecule has 0 aromatic heterocycles. The summed E-state index contributed by atoms with van der Waals surface area (Å²) in [6.07, 6.45) is -13.6. The Morgan fingerprint density at radius 3 is 1.74 bits per heavy atom. The van der Waals surface area contributed by atoms with Crippen molar-refractivity contribution in [1.29, 1.82) is 0 Å². The first-order chi connectivity index (χ1) is 14.6. The third-order valence-electron chi connectivity index (χ3n) is 6.12. The molecule has 0 amide bonds. The van der Waals surface area contributed by atoms with E-state index in [0.29, 0.717) is 0 Å². The van der Waals surface area contributed by atoms with Gasteiger partial charge in [-0.3, -0.25) is 0 Å². The fourth-order valence-electron chi connectivity index (χ4n) is 4.20. The molecule has 0 aromatic rings. The lowest BCUT2D eigenvalue weighted by Crippen LogP contribution is -2.67. The average Bonchev–Trinajstić information content (AvgIpc) is 3.01. The summed E-state index contributed by atoms with van der Waals surface area (Å²) >= 11 is 0. The molecule has 3 rings (SSSR count). The van der Waals surface area contributed by atoms with Crippen molar-refractivity contribution in [2.45, 2.75) is 92.1 Å². The van der Waals surface area contributed by atoms with Gasteiger partial charge in [-0.25, -0.2) is 0 Å². The quantitative estimate of drug-likeness (QED) is 0.179. The van der Waals surface area contributed by atoms with Gasteiger partial charge in [-0.1, -0.05) is 0 Å². The number of hydrogen-bond acceptors (Lipinski definition) is 14. The highest BCUT2D eigenvalue weighted by molar-refractivity contribution is 5.01. The average molecular weight is 454 g/mol. The van der Waals surface area contributed by atoms with Gasteiger partial charge >= 0.3 is 0 Å². The summed E-state index contributed by atoms with van der Waals surface area (Å²) in [4.78, 5) is 0. The second-order valence-electron chi connectivity index (χ2n) is 8.30. The van der Waals surface area contributed by atoms with Gasteiger partial charge in [0.1, 0.15) is 54.9 Å². The maximum Gasteiger partial charge on any atom is 0.187 e. The smallest absolute Gasteiger partial charge is 0.187 e. The summed E-state index contributed by atoms with van der Waals surface area (Å²) in [6, 6.07) is -2.71. The summed E-state index contributed by atoms with van der Waals surface area (Å²) in [5.41, 5.74) is 23.6. The lowest BCUT2D eigenvalue weighted by Gasteiger charge is -2.46. The van der Waals surface area contributed by atoms with Gasteiger partial charge in [0.25, 0.3) is 0 Å². The molecule has 0 aromatic carbocycles. The van der Waals surface area contributed by atoms with Crippen molar-refractivity contribution < 1.29 is 49.6 Å². The van der Waals surface area contributed by atoms with Gasteiger partial charge in [0.05, 0.1) is 12.6 Å². The third kappa shape index (κ3) is 4.87. The Hall–Kier alpha value is -0.560. The Bertz CT molecular complexity index is 591. The molecular weight excluding hydrogens is 420 g/mol. The molecule has 0 spiro atoms. The minimum Gasteiger partial charge on any atom is -0.394 e. The Kier molecular flexibility index (Phi) is 8.21. The zero-order valence-corrected chi connectivity index (χ0v) is 16.8. The second-order valence-corrected chi connectivity index (χ2v) is 8.30. The maximum absolute atomic E-state index is 10.9. The van der Waals surface area contributed by atoms with Crippen molar-refractivity contribution in [3.05, 3.63) is 0 Å². The van der Waals surface area contributed by atoms with E-state index in [1.165, 1.54) is 0 Å². The van der Waals surface area contributed by atoms with Gasteiger partial charge in [0.15, 0.2) is 12.6 Å². The van der Waals surface area contributed by atoms with Crippen molar-refractivity contribution >= 4 is 0 Å². The molecule has 0 radical (unpaired) electrons. The molecule has 14 heteroatoms. The van der Waals surface area contributed by atoms with Crippen LogP contribution in [-0.4, -0.2) is 129 Å². The fraction of sp³-hybridized carbons (Fsp3) is 1.00. The first-order valence-electron chi connectivity index (χ1n) is 10.2. The molecule has 2 saturated heterocycles. The maximum atomic E-state index is 10.9. The molecule has 1 saturated carbocycles. The van der Waals surface area contributed by atoms with E-state index < -0.39 is 92.2 Å². The SMILES string of the molecule is NC[C@H]1O[C@@H](OC2C(O)[C@H](O[C@H]3OC(CO)[C@@H](O)C(O)C3N)C(N)C[C@H]2N)C(O)C1O. The lowest BCUT2D eigenvalue weighted by atomic mass is 9.84. The van der Waals surface area contributed by atoms with Gasteiger partial charge in [0.2, 0.25) is 0 Å². The summed E-state index contributed by atoms with van der Waals surface area (Å²) in [5.74, 6) is 0. The van der Waals surface area contributed by atoms with Crippen LogP contribution in [0.25, 0.3) is 0 Å². The predicted octanol–water partition coefficient (Wildman–Crippen LogP) is -6.65. The highest BCUT2D eigenvalue weighted by Gasteiger charge is 2.51. The second kappa shape index (κ2) is 10.1. The van der Waals surface area contributed by atoms with Crippen LogP contribution in [0.3, 0.4) is 0 Å². The molecule has 14 atom stereocenters. The van der Waals surface area contributed by atoms with Gasteiger partial charge in [-0.2, -0.15) is 0 Å². The van der Waals surface area contributed by atoms with E-state index in [0.717, 1.165) is 0 Å². The molecule has 2 heterocycles. The Morgan fingerprint density at radius 2 is 1.23 bits per heavy atom. The zero-order valence-electron chi connectivity index (χ0n) is 16.8. The summed E-state index contributed by atoms with van der Waals surface area (Å²) in [6.45, 7) is -0.646. The van der Waals surface area contributed by atoms with E-state index >= 15 is 0 Å². The van der Waals surface area contributed by atoms with Gasteiger partial charge < -0.3 is 72.5 Å². The predicted molar refractivity (Wildman–Crippen MR) is 102 cm³/mol. The van der Waals surface area contributed by atoms with Crippen molar-refractivity contribution in [3.8, 4) is 0 Å².